The Kier molecular flexibility index (Phi) is 5.06. The Bertz CT molecular complexity index is 905. The fraction of sp³-hybridized carbons (Fsp3) is 0.421. The predicted molar refractivity (Wildman–Crippen MR) is 100 cm³/mol. The summed E-state index contributed by atoms with van der Waals surface area (Å²) in [4.78, 5) is 23.5. The molecule has 142 valence electrons. The van der Waals surface area contributed by atoms with Crippen LogP contribution in [0.4, 0.5) is 4.79 Å². The smallest absolute Gasteiger partial charge is 0.317 e. The van der Waals surface area contributed by atoms with Crippen LogP contribution in [0.15, 0.2) is 41.1 Å². The third-order valence-electron chi connectivity index (χ3n) is 4.81. The summed E-state index contributed by atoms with van der Waals surface area (Å²) < 4.78 is 12.7. The van der Waals surface area contributed by atoms with Gasteiger partial charge in [0, 0.05) is 39.5 Å². The average Bonchev–Trinajstić information content (AvgIpc) is 3.43. The molecule has 2 amide bonds. The van der Waals surface area contributed by atoms with Crippen LogP contribution < -0.4 is 5.32 Å². The van der Waals surface area contributed by atoms with Crippen molar-refractivity contribution < 1.29 is 13.9 Å². The normalized spacial score (nSPS) is 16.9. The molecule has 3 aromatic rings. The number of likely N-dealkylation sites (tertiary alicyclic amines) is 1. The van der Waals surface area contributed by atoms with Gasteiger partial charge in [0.1, 0.15) is 5.52 Å². The molecule has 0 unspecified atom stereocenters. The molecule has 1 aliphatic heterocycles. The molecule has 0 spiro atoms. The van der Waals surface area contributed by atoms with Crippen LogP contribution in [0.25, 0.3) is 22.7 Å². The van der Waals surface area contributed by atoms with Crippen LogP contribution in [-0.4, -0.2) is 58.8 Å². The number of aromatic nitrogens is 3. The van der Waals surface area contributed by atoms with Gasteiger partial charge in [-0.15, -0.1) is 0 Å². The number of rotatable bonds is 6. The molecule has 27 heavy (non-hydrogen) atoms. The van der Waals surface area contributed by atoms with Gasteiger partial charge in [0.05, 0.1) is 12.3 Å². The number of methoxy groups -OCH3 is 1. The van der Waals surface area contributed by atoms with Gasteiger partial charge < -0.3 is 23.9 Å². The van der Waals surface area contributed by atoms with Crippen LogP contribution in [0, 0.1) is 0 Å². The first kappa shape index (κ1) is 17.5. The number of carbonyl (C=O) groups is 1. The monoisotopic (exact) mass is 369 g/mol. The molecule has 0 radical (unpaired) electrons. The first-order chi connectivity index (χ1) is 13.3. The van der Waals surface area contributed by atoms with Gasteiger partial charge in [-0.2, -0.15) is 0 Å². The number of nitrogens with zero attached hydrogens (tertiary/aromatic N) is 4. The zero-order valence-electron chi connectivity index (χ0n) is 15.3. The first-order valence-corrected chi connectivity index (χ1v) is 9.16. The molecule has 8 nitrogen and oxygen atoms in total. The maximum absolute atomic E-state index is 12.4. The van der Waals surface area contributed by atoms with Crippen LogP contribution >= 0.6 is 0 Å². The van der Waals surface area contributed by atoms with Crippen molar-refractivity contribution in [1.82, 2.24) is 24.8 Å². The zero-order valence-corrected chi connectivity index (χ0v) is 15.3. The standard InChI is InChI=1S/C19H23N5O3/c1-26-11-4-9-21-19(25)23-10-7-14(13-23)24-17-15(5-2-8-20-17)22-18(24)16-6-3-12-27-16/h2-3,5-6,8,12,14H,4,7,9-11,13H2,1H3,(H,21,25)/t14-/m0/s1. The van der Waals surface area contributed by atoms with Crippen molar-refractivity contribution in [3.05, 3.63) is 36.7 Å². The molecule has 4 rings (SSSR count). The van der Waals surface area contributed by atoms with E-state index in [-0.39, 0.29) is 12.1 Å². The summed E-state index contributed by atoms with van der Waals surface area (Å²) in [5.41, 5.74) is 1.64. The summed E-state index contributed by atoms with van der Waals surface area (Å²) in [6.45, 7) is 2.57. The molecule has 3 aromatic heterocycles. The van der Waals surface area contributed by atoms with E-state index in [1.165, 1.54) is 0 Å². The van der Waals surface area contributed by atoms with E-state index in [0.29, 0.717) is 32.0 Å². The predicted octanol–water partition coefficient (Wildman–Crippen LogP) is 2.68. The number of furan rings is 1. The van der Waals surface area contributed by atoms with Crippen LogP contribution in [0.5, 0.6) is 0 Å². The lowest BCUT2D eigenvalue weighted by atomic mass is 10.2. The Balaban J connectivity index is 1.55. The number of pyridine rings is 1. The Morgan fingerprint density at radius 2 is 2.33 bits per heavy atom. The minimum Gasteiger partial charge on any atom is -0.461 e. The number of hydrogen-bond acceptors (Lipinski definition) is 5. The summed E-state index contributed by atoms with van der Waals surface area (Å²) in [6, 6.07) is 7.63. The van der Waals surface area contributed by atoms with Crippen molar-refractivity contribution in [2.45, 2.75) is 18.9 Å². The molecule has 8 heteroatoms. The summed E-state index contributed by atoms with van der Waals surface area (Å²) in [6.07, 6.45) is 5.06. The van der Waals surface area contributed by atoms with E-state index in [1.807, 2.05) is 29.2 Å². The number of amides is 2. The minimum absolute atomic E-state index is 0.0365. The van der Waals surface area contributed by atoms with E-state index >= 15 is 0 Å². The lowest BCUT2D eigenvalue weighted by Crippen LogP contribution is -2.39. The SMILES string of the molecule is COCCCNC(=O)N1CC[C@H](n2c(-c3ccco3)nc3cccnc32)C1. The molecule has 1 saturated heterocycles. The quantitative estimate of drug-likeness (QED) is 0.675. The topological polar surface area (TPSA) is 85.4 Å². The summed E-state index contributed by atoms with van der Waals surface area (Å²) in [5.74, 6) is 1.46. The lowest BCUT2D eigenvalue weighted by Gasteiger charge is -2.19. The molecule has 0 aliphatic carbocycles. The van der Waals surface area contributed by atoms with Crippen molar-refractivity contribution in [1.29, 1.82) is 0 Å². The Morgan fingerprint density at radius 1 is 1.41 bits per heavy atom. The van der Waals surface area contributed by atoms with E-state index in [9.17, 15) is 4.79 Å². The fourth-order valence-corrected chi connectivity index (χ4v) is 3.52. The number of urea groups is 1. The molecule has 1 aliphatic rings. The number of hydrogen-bond donors (Lipinski definition) is 1. The largest absolute Gasteiger partial charge is 0.461 e. The van der Waals surface area contributed by atoms with Gasteiger partial charge in [-0.05, 0) is 37.1 Å². The molecule has 0 bridgehead atoms. The van der Waals surface area contributed by atoms with E-state index in [4.69, 9.17) is 14.1 Å². The van der Waals surface area contributed by atoms with Crippen LogP contribution in [0.2, 0.25) is 0 Å². The van der Waals surface area contributed by atoms with Crippen LogP contribution in [-0.2, 0) is 4.74 Å². The second-order valence-corrected chi connectivity index (χ2v) is 6.60. The molecular formula is C19H23N5O3. The Morgan fingerprint density at radius 3 is 3.15 bits per heavy atom. The van der Waals surface area contributed by atoms with Gasteiger partial charge in [0.2, 0.25) is 0 Å². The van der Waals surface area contributed by atoms with Crippen molar-refractivity contribution in [3.8, 4) is 11.6 Å². The van der Waals surface area contributed by atoms with Gasteiger partial charge in [-0.1, -0.05) is 0 Å². The van der Waals surface area contributed by atoms with Crippen molar-refractivity contribution in [2.24, 2.45) is 0 Å². The number of fused-ring (bicyclic) bond motifs is 1. The van der Waals surface area contributed by atoms with E-state index in [0.717, 1.165) is 29.8 Å². The minimum atomic E-state index is -0.0365. The summed E-state index contributed by atoms with van der Waals surface area (Å²) in [5, 5.41) is 2.95. The van der Waals surface area contributed by atoms with Crippen molar-refractivity contribution in [2.75, 3.05) is 33.4 Å². The fourth-order valence-electron chi connectivity index (χ4n) is 3.52. The highest BCUT2D eigenvalue weighted by Gasteiger charge is 2.31. The molecule has 0 saturated carbocycles. The van der Waals surface area contributed by atoms with Gasteiger partial charge in [-0.3, -0.25) is 0 Å². The maximum atomic E-state index is 12.4. The van der Waals surface area contributed by atoms with Gasteiger partial charge in [0.15, 0.2) is 17.2 Å². The number of imidazole rings is 1. The number of carbonyl (C=O) groups excluding carboxylic acids is 1. The van der Waals surface area contributed by atoms with Crippen LogP contribution in [0.1, 0.15) is 18.9 Å². The van der Waals surface area contributed by atoms with Crippen molar-refractivity contribution >= 4 is 17.2 Å². The van der Waals surface area contributed by atoms with Crippen molar-refractivity contribution in [3.63, 3.8) is 0 Å². The first-order valence-electron chi connectivity index (χ1n) is 9.16. The maximum Gasteiger partial charge on any atom is 0.317 e. The van der Waals surface area contributed by atoms with Gasteiger partial charge in [-0.25, -0.2) is 14.8 Å². The second kappa shape index (κ2) is 7.79. The summed E-state index contributed by atoms with van der Waals surface area (Å²) >= 11 is 0. The molecule has 1 N–H and O–H groups in total. The Labute approximate surface area is 157 Å². The highest BCUT2D eigenvalue weighted by atomic mass is 16.5. The zero-order chi connectivity index (χ0) is 18.6. The van der Waals surface area contributed by atoms with E-state index in [2.05, 4.69) is 14.9 Å². The number of ether oxygens (including phenoxy) is 1. The van der Waals surface area contributed by atoms with Crippen LogP contribution in [0.3, 0.4) is 0 Å². The third-order valence-corrected chi connectivity index (χ3v) is 4.81. The molecule has 0 aromatic carbocycles. The highest BCUT2D eigenvalue weighted by molar-refractivity contribution is 5.77. The summed E-state index contributed by atoms with van der Waals surface area (Å²) in [7, 11) is 1.66. The Hall–Kier alpha value is -2.87. The van der Waals surface area contributed by atoms with Gasteiger partial charge >= 0.3 is 6.03 Å². The molecule has 1 atom stereocenters. The molecule has 4 heterocycles. The molecule has 1 fully saturated rings. The lowest BCUT2D eigenvalue weighted by molar-refractivity contribution is 0.188. The molecular weight excluding hydrogens is 346 g/mol. The highest BCUT2D eigenvalue weighted by Crippen LogP contribution is 2.32. The van der Waals surface area contributed by atoms with Gasteiger partial charge in [0.25, 0.3) is 0 Å². The van der Waals surface area contributed by atoms with E-state index in [1.54, 1.807) is 19.6 Å². The third kappa shape index (κ3) is 3.52. The average molecular weight is 369 g/mol. The number of nitrogens with one attached hydrogen (secondary N) is 1. The second-order valence-electron chi connectivity index (χ2n) is 6.60. The van der Waals surface area contributed by atoms with E-state index < -0.39 is 0 Å².